The molecule has 0 aromatic heterocycles. The number of rotatable bonds is 12. The summed E-state index contributed by atoms with van der Waals surface area (Å²) in [5.41, 5.74) is 0. The molecule has 0 N–H and O–H groups in total. The maximum Gasteiger partial charge on any atom is 0.303 e. The zero-order valence-electron chi connectivity index (χ0n) is 20.8. The van der Waals surface area contributed by atoms with Crippen LogP contribution in [0.5, 0.6) is 0 Å². The fourth-order valence-corrected chi connectivity index (χ4v) is 3.41. The summed E-state index contributed by atoms with van der Waals surface area (Å²) in [5, 5.41) is 3.92. The van der Waals surface area contributed by atoms with Crippen molar-refractivity contribution in [2.24, 2.45) is 5.16 Å². The minimum Gasteiger partial charge on any atom is -0.463 e. The van der Waals surface area contributed by atoms with Gasteiger partial charge in [-0.25, -0.2) is 0 Å². The van der Waals surface area contributed by atoms with Crippen LogP contribution >= 0.6 is 0 Å². The number of nitrogens with zero attached hydrogens (tertiary/aromatic N) is 1. The molecule has 2 heterocycles. The molecule has 0 saturated carbocycles. The molecule has 0 spiro atoms. The van der Waals surface area contributed by atoms with Crippen LogP contribution in [-0.2, 0) is 52.4 Å². The van der Waals surface area contributed by atoms with E-state index in [1.165, 1.54) is 27.7 Å². The maximum absolute atomic E-state index is 11.3. The molecule has 0 unspecified atom stereocenters. The molecular weight excluding hydrogens is 478 g/mol. The number of ether oxygens (including phenoxy) is 6. The van der Waals surface area contributed by atoms with Gasteiger partial charge in [-0.1, -0.05) is 17.3 Å². The average Bonchev–Trinajstić information content (AvgIpc) is 2.80. The molecule has 0 aromatic carbocycles. The summed E-state index contributed by atoms with van der Waals surface area (Å²) in [6.45, 7) is 5.31. The van der Waals surface area contributed by atoms with Crippen molar-refractivity contribution in [2.45, 2.75) is 77.2 Å². The topological polar surface area (TPSA) is 145 Å². The molecule has 36 heavy (non-hydrogen) atoms. The lowest BCUT2D eigenvalue weighted by Gasteiger charge is -2.31. The second-order valence-corrected chi connectivity index (χ2v) is 8.09. The predicted molar refractivity (Wildman–Crippen MR) is 124 cm³/mol. The summed E-state index contributed by atoms with van der Waals surface area (Å²) >= 11 is 0. The zero-order valence-corrected chi connectivity index (χ0v) is 20.8. The zero-order chi connectivity index (χ0) is 26.5. The van der Waals surface area contributed by atoms with Crippen molar-refractivity contribution < 1.29 is 52.4 Å². The highest BCUT2D eigenvalue weighted by atomic mass is 16.6. The largest absolute Gasteiger partial charge is 0.463 e. The standard InChI is InChI=1S/C24H33NO11/c1-15(26)30-13-23-21(33-17(3)28)7-5-19(35-23)9-11-25-32-12-10-20-6-8-22(34-18(4)29)24(36-20)14-31-16(2)27/h5-8,11,19-24H,9-10,12-14H2,1-4H3/b25-11+/t19-,20-,21-,22-,23+,24+/m0/s1. The van der Waals surface area contributed by atoms with Crippen molar-refractivity contribution >= 4 is 30.1 Å². The van der Waals surface area contributed by atoms with Crippen LogP contribution < -0.4 is 0 Å². The van der Waals surface area contributed by atoms with Crippen LogP contribution in [0.25, 0.3) is 0 Å². The third-order valence-electron chi connectivity index (χ3n) is 4.95. The normalized spacial score (nSPS) is 27.3. The maximum atomic E-state index is 11.3. The number of carbonyl (C=O) groups excluding carboxylic acids is 4. The van der Waals surface area contributed by atoms with Gasteiger partial charge in [0.1, 0.15) is 44.2 Å². The third kappa shape index (κ3) is 11.0. The Kier molecular flexibility index (Phi) is 12.1. The van der Waals surface area contributed by atoms with Gasteiger partial charge in [0, 0.05) is 46.8 Å². The average molecular weight is 512 g/mol. The van der Waals surface area contributed by atoms with E-state index >= 15 is 0 Å². The van der Waals surface area contributed by atoms with E-state index in [-0.39, 0.29) is 32.0 Å². The molecule has 2 aliphatic rings. The van der Waals surface area contributed by atoms with Crippen molar-refractivity contribution in [2.75, 3.05) is 19.8 Å². The Morgan fingerprint density at radius 3 is 1.75 bits per heavy atom. The molecule has 12 heteroatoms. The van der Waals surface area contributed by atoms with E-state index in [0.29, 0.717) is 12.8 Å². The first-order valence-electron chi connectivity index (χ1n) is 11.6. The van der Waals surface area contributed by atoms with Crippen LogP contribution in [0.2, 0.25) is 0 Å². The van der Waals surface area contributed by atoms with Gasteiger partial charge in [-0.05, 0) is 12.2 Å². The highest BCUT2D eigenvalue weighted by molar-refractivity contribution is 5.67. The molecule has 6 atom stereocenters. The van der Waals surface area contributed by atoms with E-state index in [1.807, 2.05) is 0 Å². The summed E-state index contributed by atoms with van der Waals surface area (Å²) in [6, 6.07) is 0. The molecule has 0 amide bonds. The molecule has 0 radical (unpaired) electrons. The second-order valence-electron chi connectivity index (χ2n) is 8.09. The lowest BCUT2D eigenvalue weighted by molar-refractivity contribution is -0.165. The van der Waals surface area contributed by atoms with Crippen molar-refractivity contribution in [3.63, 3.8) is 0 Å². The Bertz CT molecular complexity index is 853. The van der Waals surface area contributed by atoms with E-state index in [2.05, 4.69) is 5.16 Å². The van der Waals surface area contributed by atoms with Gasteiger partial charge in [-0.2, -0.15) is 0 Å². The van der Waals surface area contributed by atoms with Crippen molar-refractivity contribution in [3.05, 3.63) is 24.3 Å². The SMILES string of the molecule is CC(=O)OC[C@H]1O[C@H](C/C=N/OCC[C@@H]2C=C[C@H](OC(C)=O)[C@@H](COC(C)=O)O2)C=C[C@@H]1OC(C)=O. The molecule has 0 fully saturated rings. The van der Waals surface area contributed by atoms with Crippen molar-refractivity contribution in [1.82, 2.24) is 0 Å². The number of hydrogen-bond acceptors (Lipinski definition) is 12. The first-order valence-corrected chi connectivity index (χ1v) is 11.6. The second kappa shape index (κ2) is 15.0. The highest BCUT2D eigenvalue weighted by Gasteiger charge is 2.31. The molecule has 2 rings (SSSR count). The van der Waals surface area contributed by atoms with Crippen LogP contribution in [0.1, 0.15) is 40.5 Å². The van der Waals surface area contributed by atoms with Gasteiger partial charge in [0.15, 0.2) is 0 Å². The Morgan fingerprint density at radius 1 is 0.750 bits per heavy atom. The van der Waals surface area contributed by atoms with Gasteiger partial charge in [0.25, 0.3) is 0 Å². The molecule has 200 valence electrons. The summed E-state index contributed by atoms with van der Waals surface area (Å²) in [4.78, 5) is 50.1. The highest BCUT2D eigenvalue weighted by Crippen LogP contribution is 2.20. The monoisotopic (exact) mass is 511 g/mol. The molecule has 0 saturated heterocycles. The fraction of sp³-hybridized carbons (Fsp3) is 0.625. The first-order chi connectivity index (χ1) is 17.1. The Balaban J connectivity index is 1.77. The Morgan fingerprint density at radius 2 is 1.25 bits per heavy atom. The van der Waals surface area contributed by atoms with Gasteiger partial charge in [0.05, 0.1) is 12.2 Å². The summed E-state index contributed by atoms with van der Waals surface area (Å²) in [5.74, 6) is -1.85. The molecule has 2 aliphatic heterocycles. The van der Waals surface area contributed by atoms with E-state index in [9.17, 15) is 19.2 Å². The molecular formula is C24H33NO11. The predicted octanol–water partition coefficient (Wildman–Crippen LogP) is 1.41. The fourth-order valence-electron chi connectivity index (χ4n) is 3.41. The minimum atomic E-state index is -0.653. The molecule has 12 nitrogen and oxygen atoms in total. The van der Waals surface area contributed by atoms with Crippen LogP contribution in [0.3, 0.4) is 0 Å². The minimum absolute atomic E-state index is 0.0429. The number of esters is 4. The lowest BCUT2D eigenvalue weighted by Crippen LogP contribution is -2.41. The van der Waals surface area contributed by atoms with E-state index in [1.54, 1.807) is 30.5 Å². The number of carbonyl (C=O) groups is 4. The van der Waals surface area contributed by atoms with Gasteiger partial charge < -0.3 is 33.3 Å². The Labute approximate surface area is 209 Å². The summed E-state index contributed by atoms with van der Waals surface area (Å²) < 4.78 is 32.1. The number of hydrogen-bond donors (Lipinski definition) is 0. The Hall–Kier alpha value is -3.25. The quantitative estimate of drug-likeness (QED) is 0.0936. The van der Waals surface area contributed by atoms with Crippen molar-refractivity contribution in [1.29, 1.82) is 0 Å². The van der Waals surface area contributed by atoms with Crippen LogP contribution in [-0.4, -0.2) is 86.5 Å². The number of oxime groups is 1. The van der Waals surface area contributed by atoms with Gasteiger partial charge in [-0.3, -0.25) is 19.2 Å². The van der Waals surface area contributed by atoms with Gasteiger partial charge >= 0.3 is 23.9 Å². The molecule has 0 bridgehead atoms. The lowest BCUT2D eigenvalue weighted by atomic mass is 10.1. The summed E-state index contributed by atoms with van der Waals surface area (Å²) in [6.07, 6.45) is 6.03. The van der Waals surface area contributed by atoms with E-state index in [0.717, 1.165) is 0 Å². The van der Waals surface area contributed by atoms with E-state index < -0.39 is 48.3 Å². The van der Waals surface area contributed by atoms with Crippen molar-refractivity contribution in [3.8, 4) is 0 Å². The van der Waals surface area contributed by atoms with Crippen LogP contribution in [0, 0.1) is 0 Å². The molecule has 0 aliphatic carbocycles. The molecule has 0 aromatic rings. The smallest absolute Gasteiger partial charge is 0.303 e. The first kappa shape index (κ1) is 29.0. The summed E-state index contributed by atoms with van der Waals surface area (Å²) in [7, 11) is 0. The van der Waals surface area contributed by atoms with E-state index in [4.69, 9.17) is 33.3 Å². The third-order valence-corrected chi connectivity index (χ3v) is 4.95. The van der Waals surface area contributed by atoms with Gasteiger partial charge in [0.2, 0.25) is 0 Å². The van der Waals surface area contributed by atoms with Gasteiger partial charge in [-0.15, -0.1) is 0 Å². The van der Waals surface area contributed by atoms with Crippen LogP contribution in [0.15, 0.2) is 29.5 Å². The van der Waals surface area contributed by atoms with Crippen LogP contribution in [0.4, 0.5) is 0 Å².